The highest BCUT2D eigenvalue weighted by atomic mass is 16.3. The van der Waals surface area contributed by atoms with E-state index in [0.717, 1.165) is 29.9 Å². The van der Waals surface area contributed by atoms with Crippen LogP contribution in [0.1, 0.15) is 64.2 Å². The Kier molecular flexibility index (Phi) is 4.35. The second-order valence-corrected chi connectivity index (χ2v) is 7.48. The Bertz CT molecular complexity index is 517. The van der Waals surface area contributed by atoms with Crippen molar-refractivity contribution in [3.63, 3.8) is 0 Å². The lowest BCUT2D eigenvalue weighted by Crippen LogP contribution is -2.46. The van der Waals surface area contributed by atoms with Crippen molar-refractivity contribution in [1.82, 2.24) is 10.6 Å². The fourth-order valence-corrected chi connectivity index (χ4v) is 2.89. The van der Waals surface area contributed by atoms with Crippen LogP contribution < -0.4 is 10.6 Å². The normalized spacial score (nSPS) is 21.8. The van der Waals surface area contributed by atoms with Gasteiger partial charge in [0.25, 0.3) is 0 Å². The topological polar surface area (TPSA) is 54.3 Å². The van der Waals surface area contributed by atoms with E-state index in [4.69, 9.17) is 4.42 Å². The maximum Gasteiger partial charge on any atom is 0.315 e. The Balaban J connectivity index is 2.10. The molecule has 0 radical (unpaired) electrons. The van der Waals surface area contributed by atoms with Gasteiger partial charge in [0.2, 0.25) is 0 Å². The lowest BCUT2D eigenvalue weighted by Gasteiger charge is -2.35. The van der Waals surface area contributed by atoms with E-state index < -0.39 is 0 Å². The predicted octanol–water partition coefficient (Wildman–Crippen LogP) is 3.95. The summed E-state index contributed by atoms with van der Waals surface area (Å²) in [4.78, 5) is 12.2. The summed E-state index contributed by atoms with van der Waals surface area (Å²) in [6.45, 7) is 12.6. The molecule has 2 N–H and O–H groups in total. The van der Waals surface area contributed by atoms with E-state index in [-0.39, 0.29) is 23.5 Å². The van der Waals surface area contributed by atoms with Crippen LogP contribution in [0.5, 0.6) is 0 Å². The molecule has 0 saturated carbocycles. The number of hydrogen-bond donors (Lipinski definition) is 2. The minimum absolute atomic E-state index is 0.0283. The fourth-order valence-electron chi connectivity index (χ4n) is 2.89. The van der Waals surface area contributed by atoms with Crippen LogP contribution in [0.25, 0.3) is 0 Å². The van der Waals surface area contributed by atoms with Gasteiger partial charge in [-0.2, -0.15) is 0 Å². The summed E-state index contributed by atoms with van der Waals surface area (Å²) in [6, 6.07) is 2.15. The van der Waals surface area contributed by atoms with E-state index in [0.29, 0.717) is 5.92 Å². The fraction of sp³-hybridized carbons (Fsp3) is 0.706. The van der Waals surface area contributed by atoms with Gasteiger partial charge in [0.15, 0.2) is 0 Å². The van der Waals surface area contributed by atoms with Crippen LogP contribution in [0.3, 0.4) is 0 Å². The van der Waals surface area contributed by atoms with Crippen molar-refractivity contribution in [3.05, 3.63) is 23.2 Å². The molecule has 21 heavy (non-hydrogen) atoms. The Morgan fingerprint density at radius 2 is 2.05 bits per heavy atom. The minimum atomic E-state index is -0.0938. The Hall–Kier alpha value is -1.45. The Morgan fingerprint density at radius 1 is 1.38 bits per heavy atom. The quantitative estimate of drug-likeness (QED) is 0.886. The van der Waals surface area contributed by atoms with Gasteiger partial charge in [-0.05, 0) is 37.7 Å². The van der Waals surface area contributed by atoms with E-state index in [2.05, 4.69) is 44.4 Å². The molecule has 1 heterocycles. The van der Waals surface area contributed by atoms with Crippen molar-refractivity contribution in [2.45, 2.75) is 66.5 Å². The van der Waals surface area contributed by atoms with Gasteiger partial charge < -0.3 is 15.1 Å². The molecule has 2 amide bonds. The molecule has 4 nitrogen and oxygen atoms in total. The highest BCUT2D eigenvalue weighted by Gasteiger charge is 2.35. The standard InChI is InChI=1S/C17H28N2O2/c1-10(2)12(4)18-16(20)19-14-8-17(5,6)9-15-13(14)7-11(3)21-15/h7,10,12,14H,8-9H2,1-6H3,(H2,18,19,20)/t12-,14+/m0/s1. The zero-order valence-corrected chi connectivity index (χ0v) is 14.0. The third kappa shape index (κ3) is 3.80. The lowest BCUT2D eigenvalue weighted by molar-refractivity contribution is 0.210. The first-order valence-corrected chi connectivity index (χ1v) is 7.84. The average molecular weight is 292 g/mol. The first kappa shape index (κ1) is 15.9. The van der Waals surface area contributed by atoms with Crippen LogP contribution >= 0.6 is 0 Å². The molecule has 2 atom stereocenters. The van der Waals surface area contributed by atoms with E-state index in [9.17, 15) is 4.79 Å². The lowest BCUT2D eigenvalue weighted by atomic mass is 9.75. The molecule has 0 spiro atoms. The molecule has 0 aliphatic heterocycles. The van der Waals surface area contributed by atoms with Crippen LogP contribution in [0.15, 0.2) is 10.5 Å². The Labute approximate surface area is 127 Å². The zero-order valence-electron chi connectivity index (χ0n) is 14.0. The number of nitrogens with one attached hydrogen (secondary N) is 2. The molecule has 0 fully saturated rings. The highest BCUT2D eigenvalue weighted by molar-refractivity contribution is 5.74. The minimum Gasteiger partial charge on any atom is -0.466 e. The molecule has 1 aromatic heterocycles. The third-order valence-corrected chi connectivity index (χ3v) is 4.40. The van der Waals surface area contributed by atoms with Crippen LogP contribution in [0.4, 0.5) is 4.79 Å². The molecule has 1 aliphatic rings. The van der Waals surface area contributed by atoms with Crippen LogP contribution in [0, 0.1) is 18.3 Å². The van der Waals surface area contributed by atoms with Crippen molar-refractivity contribution >= 4 is 6.03 Å². The molecular formula is C17H28N2O2. The Morgan fingerprint density at radius 3 is 2.67 bits per heavy atom. The second-order valence-electron chi connectivity index (χ2n) is 7.48. The summed E-state index contributed by atoms with van der Waals surface area (Å²) >= 11 is 0. The second kappa shape index (κ2) is 5.74. The summed E-state index contributed by atoms with van der Waals surface area (Å²) in [6.07, 6.45) is 1.86. The molecule has 0 bridgehead atoms. The monoisotopic (exact) mass is 292 g/mol. The number of amides is 2. The maximum atomic E-state index is 12.2. The van der Waals surface area contributed by atoms with E-state index in [1.165, 1.54) is 0 Å². The summed E-state index contributed by atoms with van der Waals surface area (Å²) in [5, 5.41) is 6.13. The molecule has 1 aromatic rings. The molecule has 0 unspecified atom stereocenters. The molecule has 118 valence electrons. The number of furan rings is 1. The van der Waals surface area contributed by atoms with Gasteiger partial charge in [0, 0.05) is 18.0 Å². The van der Waals surface area contributed by atoms with Crippen LogP contribution in [0.2, 0.25) is 0 Å². The number of hydrogen-bond acceptors (Lipinski definition) is 2. The third-order valence-electron chi connectivity index (χ3n) is 4.40. The molecule has 2 rings (SSSR count). The van der Waals surface area contributed by atoms with Crippen molar-refractivity contribution in [1.29, 1.82) is 0 Å². The zero-order chi connectivity index (χ0) is 15.8. The highest BCUT2D eigenvalue weighted by Crippen LogP contribution is 2.41. The number of fused-ring (bicyclic) bond motifs is 1. The first-order chi connectivity index (χ1) is 9.68. The number of urea groups is 1. The first-order valence-electron chi connectivity index (χ1n) is 7.84. The summed E-state index contributed by atoms with van der Waals surface area (Å²) < 4.78 is 5.80. The molecule has 0 aromatic carbocycles. The molecule has 1 aliphatic carbocycles. The summed E-state index contributed by atoms with van der Waals surface area (Å²) in [5.74, 6) is 2.36. The van der Waals surface area contributed by atoms with Crippen LogP contribution in [-0.2, 0) is 6.42 Å². The van der Waals surface area contributed by atoms with Gasteiger partial charge in [-0.1, -0.05) is 27.7 Å². The van der Waals surface area contributed by atoms with Crippen LogP contribution in [-0.4, -0.2) is 12.1 Å². The van der Waals surface area contributed by atoms with Gasteiger partial charge in [-0.3, -0.25) is 0 Å². The van der Waals surface area contributed by atoms with Crippen molar-refractivity contribution in [2.75, 3.05) is 0 Å². The number of aryl methyl sites for hydroxylation is 1. The van der Waals surface area contributed by atoms with Gasteiger partial charge >= 0.3 is 6.03 Å². The SMILES string of the molecule is Cc1cc2c(o1)CC(C)(C)C[C@H]2NC(=O)N[C@@H](C)C(C)C. The molecule has 0 saturated heterocycles. The summed E-state index contributed by atoms with van der Waals surface area (Å²) in [5.41, 5.74) is 1.28. The van der Waals surface area contributed by atoms with Crippen molar-refractivity contribution in [3.8, 4) is 0 Å². The van der Waals surface area contributed by atoms with E-state index in [1.54, 1.807) is 0 Å². The van der Waals surface area contributed by atoms with Gasteiger partial charge in [-0.15, -0.1) is 0 Å². The van der Waals surface area contributed by atoms with Crippen molar-refractivity contribution < 1.29 is 9.21 Å². The number of rotatable bonds is 3. The summed E-state index contributed by atoms with van der Waals surface area (Å²) in [7, 11) is 0. The number of carbonyl (C=O) groups is 1. The largest absolute Gasteiger partial charge is 0.466 e. The van der Waals surface area contributed by atoms with Gasteiger partial charge in [-0.25, -0.2) is 4.79 Å². The molecule has 4 heteroatoms. The smallest absolute Gasteiger partial charge is 0.315 e. The maximum absolute atomic E-state index is 12.2. The molecular weight excluding hydrogens is 264 g/mol. The predicted molar refractivity (Wildman–Crippen MR) is 84.3 cm³/mol. The van der Waals surface area contributed by atoms with Gasteiger partial charge in [0.1, 0.15) is 11.5 Å². The van der Waals surface area contributed by atoms with Crippen molar-refractivity contribution in [2.24, 2.45) is 11.3 Å². The van der Waals surface area contributed by atoms with Gasteiger partial charge in [0.05, 0.1) is 6.04 Å². The average Bonchev–Trinajstić information content (AvgIpc) is 2.67. The number of carbonyl (C=O) groups excluding carboxylic acids is 1. The van der Waals surface area contributed by atoms with E-state index in [1.807, 2.05) is 13.8 Å². The van der Waals surface area contributed by atoms with E-state index >= 15 is 0 Å².